The Morgan fingerprint density at radius 3 is 2.46 bits per heavy atom. The lowest BCUT2D eigenvalue weighted by atomic mass is 10.1. The highest BCUT2D eigenvalue weighted by molar-refractivity contribution is 5.97. The van der Waals surface area contributed by atoms with Crippen LogP contribution < -0.4 is 14.8 Å². The predicted molar refractivity (Wildman–Crippen MR) is 82.9 cm³/mol. The minimum absolute atomic E-state index is 0.0998. The molecule has 1 rings (SSSR count). The van der Waals surface area contributed by atoms with Crippen LogP contribution in [0.25, 0.3) is 0 Å². The summed E-state index contributed by atoms with van der Waals surface area (Å²) < 4.78 is 35.7. The van der Waals surface area contributed by atoms with E-state index < -0.39 is 30.8 Å². The second-order valence-corrected chi connectivity index (χ2v) is 4.93. The number of halogens is 2. The van der Waals surface area contributed by atoms with Crippen LogP contribution in [0.1, 0.15) is 37.0 Å². The fraction of sp³-hybridized carbons (Fsp3) is 0.500. The van der Waals surface area contributed by atoms with Crippen molar-refractivity contribution >= 4 is 11.9 Å². The van der Waals surface area contributed by atoms with Crippen LogP contribution in [0.5, 0.6) is 11.5 Å². The van der Waals surface area contributed by atoms with Crippen molar-refractivity contribution in [2.75, 3.05) is 13.2 Å². The minimum Gasteiger partial charge on any atom is -0.490 e. The summed E-state index contributed by atoms with van der Waals surface area (Å²) in [6.07, 6.45) is -3.01. The molecule has 1 unspecified atom stereocenters. The monoisotopic (exact) mass is 345 g/mol. The normalized spacial score (nSPS) is 11.9. The van der Waals surface area contributed by atoms with E-state index in [1.165, 1.54) is 18.2 Å². The van der Waals surface area contributed by atoms with E-state index in [1.54, 1.807) is 6.92 Å². The molecule has 2 N–H and O–H groups in total. The first-order valence-electron chi connectivity index (χ1n) is 7.60. The zero-order chi connectivity index (χ0) is 18.1. The fourth-order valence-electron chi connectivity index (χ4n) is 1.89. The summed E-state index contributed by atoms with van der Waals surface area (Å²) in [5.74, 6) is -1.50. The molecule has 0 spiro atoms. The number of nitrogens with one attached hydrogen (secondary N) is 1. The number of ether oxygens (including phenoxy) is 2. The van der Waals surface area contributed by atoms with Gasteiger partial charge in [-0.05, 0) is 31.5 Å². The lowest BCUT2D eigenvalue weighted by Crippen LogP contribution is -2.42. The van der Waals surface area contributed by atoms with Crippen molar-refractivity contribution in [3.63, 3.8) is 0 Å². The highest BCUT2D eigenvalue weighted by Gasteiger charge is 2.25. The smallest absolute Gasteiger partial charge is 0.326 e. The van der Waals surface area contributed by atoms with Crippen molar-refractivity contribution < 1.29 is 33.0 Å². The number of hydrogen-bond acceptors (Lipinski definition) is 4. The predicted octanol–water partition coefficient (Wildman–Crippen LogP) is 2.71. The molecule has 0 aromatic heterocycles. The molecule has 0 fully saturated rings. The van der Waals surface area contributed by atoms with Crippen molar-refractivity contribution in [3.8, 4) is 11.5 Å². The van der Waals surface area contributed by atoms with Crippen LogP contribution in [0.3, 0.4) is 0 Å². The Morgan fingerprint density at radius 1 is 1.21 bits per heavy atom. The molecule has 1 aromatic carbocycles. The van der Waals surface area contributed by atoms with Crippen molar-refractivity contribution in [2.45, 2.75) is 39.2 Å². The van der Waals surface area contributed by atoms with Gasteiger partial charge in [-0.15, -0.1) is 0 Å². The van der Waals surface area contributed by atoms with Gasteiger partial charge in [-0.1, -0.05) is 6.92 Å². The van der Waals surface area contributed by atoms with Gasteiger partial charge in [0.15, 0.2) is 11.5 Å². The average Bonchev–Trinajstić information content (AvgIpc) is 2.52. The number of benzene rings is 1. The van der Waals surface area contributed by atoms with Crippen molar-refractivity contribution in [1.29, 1.82) is 0 Å². The Kier molecular flexibility index (Phi) is 7.94. The molecule has 0 heterocycles. The number of carboxylic acids is 1. The third-order valence-electron chi connectivity index (χ3n) is 2.98. The van der Waals surface area contributed by atoms with Gasteiger partial charge in [0.05, 0.1) is 13.2 Å². The molecule has 24 heavy (non-hydrogen) atoms. The molecule has 0 saturated heterocycles. The van der Waals surface area contributed by atoms with Crippen LogP contribution >= 0.6 is 0 Å². The molecule has 6 nitrogen and oxygen atoms in total. The van der Waals surface area contributed by atoms with E-state index in [2.05, 4.69) is 5.32 Å². The standard InChI is InChI=1S/C16H21F2NO5/c1-3-7-24-12-6-5-10(8-13(12)23-4-2)15(20)19-11(16(21)22)9-14(17)18/h5-6,8,11,14H,3-4,7,9H2,1-2H3,(H,19,20)(H,21,22). The maximum atomic E-state index is 12.4. The molecule has 0 saturated carbocycles. The average molecular weight is 345 g/mol. The first kappa shape index (κ1) is 19.7. The molecule has 0 aliphatic heterocycles. The molecule has 1 atom stereocenters. The van der Waals surface area contributed by atoms with E-state index in [4.69, 9.17) is 14.6 Å². The first-order valence-corrected chi connectivity index (χ1v) is 7.60. The van der Waals surface area contributed by atoms with Crippen LogP contribution in [0, 0.1) is 0 Å². The maximum absolute atomic E-state index is 12.4. The largest absolute Gasteiger partial charge is 0.490 e. The van der Waals surface area contributed by atoms with Crippen LogP contribution in [-0.4, -0.2) is 42.7 Å². The van der Waals surface area contributed by atoms with Gasteiger partial charge in [0.2, 0.25) is 6.43 Å². The Hall–Kier alpha value is -2.38. The van der Waals surface area contributed by atoms with E-state index in [0.717, 1.165) is 6.42 Å². The lowest BCUT2D eigenvalue weighted by Gasteiger charge is -2.16. The van der Waals surface area contributed by atoms with Gasteiger partial charge in [0.1, 0.15) is 6.04 Å². The van der Waals surface area contributed by atoms with Gasteiger partial charge in [-0.2, -0.15) is 0 Å². The highest BCUT2D eigenvalue weighted by Crippen LogP contribution is 2.28. The molecule has 8 heteroatoms. The summed E-state index contributed by atoms with van der Waals surface area (Å²) >= 11 is 0. The number of carboxylic acid groups (broad SMARTS) is 1. The Labute approximate surface area is 138 Å². The molecular weight excluding hydrogens is 324 g/mol. The van der Waals surface area contributed by atoms with Crippen LogP contribution in [0.4, 0.5) is 8.78 Å². The van der Waals surface area contributed by atoms with Crippen LogP contribution in [0.2, 0.25) is 0 Å². The Bertz CT molecular complexity index is 565. The molecule has 1 amide bonds. The number of hydrogen-bond donors (Lipinski definition) is 2. The minimum atomic E-state index is -2.84. The molecule has 0 aliphatic carbocycles. The second-order valence-electron chi connectivity index (χ2n) is 4.93. The summed E-state index contributed by atoms with van der Waals surface area (Å²) in [6, 6.07) is 2.68. The van der Waals surface area contributed by atoms with Gasteiger partial charge < -0.3 is 19.9 Å². The summed E-state index contributed by atoms with van der Waals surface area (Å²) in [4.78, 5) is 23.1. The SMILES string of the molecule is CCCOc1ccc(C(=O)NC(CC(F)F)C(=O)O)cc1OCC. The van der Waals surface area contributed by atoms with E-state index in [-0.39, 0.29) is 5.56 Å². The maximum Gasteiger partial charge on any atom is 0.326 e. The zero-order valence-electron chi connectivity index (χ0n) is 13.6. The van der Waals surface area contributed by atoms with Gasteiger partial charge in [-0.25, -0.2) is 13.6 Å². The molecule has 0 bridgehead atoms. The third kappa shape index (κ3) is 6.02. The number of amides is 1. The van der Waals surface area contributed by atoms with E-state index >= 15 is 0 Å². The van der Waals surface area contributed by atoms with Gasteiger partial charge in [0.25, 0.3) is 5.91 Å². The Balaban J connectivity index is 2.92. The van der Waals surface area contributed by atoms with Crippen molar-refractivity contribution in [1.82, 2.24) is 5.32 Å². The number of carbonyl (C=O) groups excluding carboxylic acids is 1. The Morgan fingerprint density at radius 2 is 1.92 bits per heavy atom. The molecular formula is C16H21F2NO5. The molecule has 0 radical (unpaired) electrons. The molecule has 1 aromatic rings. The topological polar surface area (TPSA) is 84.9 Å². The van der Waals surface area contributed by atoms with Crippen molar-refractivity contribution in [3.05, 3.63) is 23.8 Å². The van der Waals surface area contributed by atoms with E-state index in [9.17, 15) is 18.4 Å². The van der Waals surface area contributed by atoms with Crippen LogP contribution in [0.15, 0.2) is 18.2 Å². The second kappa shape index (κ2) is 9.69. The van der Waals surface area contributed by atoms with E-state index in [0.29, 0.717) is 24.7 Å². The number of rotatable bonds is 10. The van der Waals surface area contributed by atoms with Gasteiger partial charge in [-0.3, -0.25) is 4.79 Å². The zero-order valence-corrected chi connectivity index (χ0v) is 13.6. The summed E-state index contributed by atoms with van der Waals surface area (Å²) in [6.45, 7) is 4.52. The van der Waals surface area contributed by atoms with Crippen molar-refractivity contribution in [2.24, 2.45) is 0 Å². The summed E-state index contributed by atoms with van der Waals surface area (Å²) in [5, 5.41) is 11.0. The fourth-order valence-corrected chi connectivity index (χ4v) is 1.89. The third-order valence-corrected chi connectivity index (χ3v) is 2.98. The number of carbonyl (C=O) groups is 2. The quantitative estimate of drug-likeness (QED) is 0.681. The summed E-state index contributed by atoms with van der Waals surface area (Å²) in [7, 11) is 0. The molecule has 134 valence electrons. The number of aliphatic carboxylic acids is 1. The number of alkyl halides is 2. The first-order chi connectivity index (χ1) is 11.4. The van der Waals surface area contributed by atoms with Gasteiger partial charge >= 0.3 is 5.97 Å². The molecule has 0 aliphatic rings. The van der Waals surface area contributed by atoms with Crippen LogP contribution in [-0.2, 0) is 4.79 Å². The van der Waals surface area contributed by atoms with Gasteiger partial charge in [0, 0.05) is 12.0 Å². The van der Waals surface area contributed by atoms with E-state index in [1.807, 2.05) is 6.92 Å². The lowest BCUT2D eigenvalue weighted by molar-refractivity contribution is -0.140. The summed E-state index contributed by atoms with van der Waals surface area (Å²) in [5.41, 5.74) is 0.0998. The highest BCUT2D eigenvalue weighted by atomic mass is 19.3.